The Morgan fingerprint density at radius 1 is 1.17 bits per heavy atom. The van der Waals surface area contributed by atoms with E-state index in [0.29, 0.717) is 11.1 Å². The predicted molar refractivity (Wildman–Crippen MR) is 81.3 cm³/mol. The molecule has 0 saturated heterocycles. The van der Waals surface area contributed by atoms with Crippen molar-refractivity contribution in [1.29, 1.82) is 0 Å². The first-order valence-corrected chi connectivity index (χ1v) is 6.69. The Morgan fingerprint density at radius 2 is 1.83 bits per heavy atom. The molecule has 1 radical (unpaired) electrons. The van der Waals surface area contributed by atoms with Crippen molar-refractivity contribution in [2.24, 2.45) is 0 Å². The number of nitro benzene ring substituents is 1. The second-order valence-electron chi connectivity index (χ2n) is 4.61. The number of hydrogen-bond acceptors (Lipinski definition) is 5. The second kappa shape index (κ2) is 7.69. The van der Waals surface area contributed by atoms with Crippen molar-refractivity contribution in [3.63, 3.8) is 0 Å². The van der Waals surface area contributed by atoms with Gasteiger partial charge < -0.3 is 10.1 Å². The molecule has 0 aliphatic carbocycles. The fraction of sp³-hybridized carbons (Fsp3) is 0.125. The van der Waals surface area contributed by atoms with Crippen LogP contribution < -0.4 is 5.32 Å². The fourth-order valence-corrected chi connectivity index (χ4v) is 1.85. The van der Waals surface area contributed by atoms with Crippen molar-refractivity contribution < 1.29 is 19.2 Å². The Hall–Kier alpha value is -3.22. The Balaban J connectivity index is 1.89. The average Bonchev–Trinajstić information content (AvgIpc) is 2.59. The van der Waals surface area contributed by atoms with E-state index >= 15 is 0 Å². The zero-order valence-electron chi connectivity index (χ0n) is 12.0. The number of nitro groups is 1. The lowest BCUT2D eigenvalue weighted by Gasteiger charge is -2.12. The van der Waals surface area contributed by atoms with Gasteiger partial charge in [0, 0.05) is 12.1 Å². The van der Waals surface area contributed by atoms with Crippen LogP contribution in [0.15, 0.2) is 54.6 Å². The number of amides is 1. The maximum atomic E-state index is 11.7. The molecule has 1 unspecified atom stereocenters. The smallest absolute Gasteiger partial charge is 0.408 e. The highest BCUT2D eigenvalue weighted by Gasteiger charge is 2.15. The van der Waals surface area contributed by atoms with E-state index in [9.17, 15) is 19.7 Å². The van der Waals surface area contributed by atoms with Crippen molar-refractivity contribution in [1.82, 2.24) is 5.32 Å². The molecule has 23 heavy (non-hydrogen) atoms. The number of benzene rings is 2. The highest BCUT2D eigenvalue weighted by atomic mass is 16.6. The standard InChI is InChI=1S/C16H13N2O5/c19-10-15(13-4-2-1-3-5-13)17-16(20)23-11-12-6-8-14(9-7-12)18(21)22/h1-9,15H,11H2,(H,17,20). The molecule has 0 heterocycles. The molecule has 2 aromatic rings. The van der Waals surface area contributed by atoms with E-state index < -0.39 is 17.1 Å². The lowest BCUT2D eigenvalue weighted by atomic mass is 10.1. The normalized spacial score (nSPS) is 11.3. The van der Waals surface area contributed by atoms with Crippen LogP contribution in [0, 0.1) is 10.1 Å². The van der Waals surface area contributed by atoms with Gasteiger partial charge in [0.05, 0.1) is 4.92 Å². The van der Waals surface area contributed by atoms with Gasteiger partial charge in [-0.1, -0.05) is 30.3 Å². The van der Waals surface area contributed by atoms with Gasteiger partial charge in [0.2, 0.25) is 6.29 Å². The maximum absolute atomic E-state index is 11.7. The van der Waals surface area contributed by atoms with Crippen LogP contribution in [0.5, 0.6) is 0 Å². The van der Waals surface area contributed by atoms with Crippen LogP contribution in [0.3, 0.4) is 0 Å². The number of nitrogens with zero attached hydrogens (tertiary/aromatic N) is 1. The molecule has 1 N–H and O–H groups in total. The Bertz CT molecular complexity index is 685. The first kappa shape index (κ1) is 16.2. The Kier molecular flexibility index (Phi) is 5.40. The molecule has 1 amide bonds. The lowest BCUT2D eigenvalue weighted by molar-refractivity contribution is -0.384. The number of carbonyl (C=O) groups is 1. The molecule has 117 valence electrons. The number of hydrogen-bond donors (Lipinski definition) is 1. The van der Waals surface area contributed by atoms with E-state index in [1.165, 1.54) is 24.3 Å². The van der Waals surface area contributed by atoms with E-state index in [0.717, 1.165) is 0 Å². The van der Waals surface area contributed by atoms with Crippen molar-refractivity contribution in [2.45, 2.75) is 12.6 Å². The molecule has 0 bridgehead atoms. The molecule has 0 aromatic heterocycles. The van der Waals surface area contributed by atoms with E-state index in [4.69, 9.17) is 4.74 Å². The minimum Gasteiger partial charge on any atom is -0.445 e. The molecule has 0 saturated carbocycles. The third-order valence-electron chi connectivity index (χ3n) is 3.03. The number of rotatable bonds is 6. The summed E-state index contributed by atoms with van der Waals surface area (Å²) < 4.78 is 4.98. The third-order valence-corrected chi connectivity index (χ3v) is 3.03. The molecule has 2 rings (SSSR count). The van der Waals surface area contributed by atoms with Gasteiger partial charge in [-0.05, 0) is 23.3 Å². The zero-order valence-corrected chi connectivity index (χ0v) is 12.0. The number of alkyl carbamates (subject to hydrolysis) is 1. The van der Waals surface area contributed by atoms with Crippen LogP contribution in [0.2, 0.25) is 0 Å². The van der Waals surface area contributed by atoms with Crippen LogP contribution in [0.1, 0.15) is 17.2 Å². The van der Waals surface area contributed by atoms with Crippen molar-refractivity contribution in [2.75, 3.05) is 0 Å². The van der Waals surface area contributed by atoms with E-state index in [1.807, 2.05) is 0 Å². The van der Waals surface area contributed by atoms with Crippen LogP contribution in [0.25, 0.3) is 0 Å². The van der Waals surface area contributed by atoms with E-state index in [-0.39, 0.29) is 12.3 Å². The summed E-state index contributed by atoms with van der Waals surface area (Å²) in [6, 6.07) is 13.4. The molecule has 1 atom stereocenters. The van der Waals surface area contributed by atoms with Gasteiger partial charge in [0.25, 0.3) is 5.69 Å². The highest BCUT2D eigenvalue weighted by molar-refractivity contribution is 5.74. The molecule has 0 aliphatic heterocycles. The summed E-state index contributed by atoms with van der Waals surface area (Å²) in [7, 11) is 0. The average molecular weight is 313 g/mol. The Labute approximate surface area is 132 Å². The topological polar surface area (TPSA) is 98.5 Å². The lowest BCUT2D eigenvalue weighted by Crippen LogP contribution is -2.29. The van der Waals surface area contributed by atoms with Gasteiger partial charge in [-0.3, -0.25) is 14.9 Å². The summed E-state index contributed by atoms with van der Waals surface area (Å²) in [5.74, 6) is 0. The fourth-order valence-electron chi connectivity index (χ4n) is 1.85. The largest absolute Gasteiger partial charge is 0.445 e. The number of nitrogens with one attached hydrogen (secondary N) is 1. The van der Waals surface area contributed by atoms with Crippen LogP contribution in [0.4, 0.5) is 10.5 Å². The SMILES string of the molecule is O=[C]C(NC(=O)OCc1ccc([N+](=O)[O-])cc1)c1ccccc1. The number of ether oxygens (including phenoxy) is 1. The number of non-ortho nitro benzene ring substituents is 1. The third kappa shape index (κ3) is 4.63. The number of carbonyl (C=O) groups excluding carboxylic acids is 2. The molecule has 7 heteroatoms. The molecule has 0 spiro atoms. The first-order valence-electron chi connectivity index (χ1n) is 6.69. The molecular weight excluding hydrogens is 300 g/mol. The molecule has 0 aliphatic rings. The summed E-state index contributed by atoms with van der Waals surface area (Å²) in [5, 5.41) is 12.9. The summed E-state index contributed by atoms with van der Waals surface area (Å²) in [6.45, 7) is -0.0653. The van der Waals surface area contributed by atoms with Gasteiger partial charge in [-0.2, -0.15) is 0 Å². The zero-order chi connectivity index (χ0) is 16.7. The first-order chi connectivity index (χ1) is 11.1. The monoisotopic (exact) mass is 313 g/mol. The van der Waals surface area contributed by atoms with Gasteiger partial charge >= 0.3 is 6.09 Å². The second-order valence-corrected chi connectivity index (χ2v) is 4.61. The summed E-state index contributed by atoms with van der Waals surface area (Å²) in [6.07, 6.45) is 0.953. The molecule has 7 nitrogen and oxygen atoms in total. The highest BCUT2D eigenvalue weighted by Crippen LogP contribution is 2.13. The van der Waals surface area contributed by atoms with Crippen molar-refractivity contribution in [3.8, 4) is 0 Å². The van der Waals surface area contributed by atoms with Crippen LogP contribution >= 0.6 is 0 Å². The molecular formula is C16H13N2O5. The van der Waals surface area contributed by atoms with Crippen molar-refractivity contribution >= 4 is 18.1 Å². The minimum absolute atomic E-state index is 0.0436. The van der Waals surface area contributed by atoms with E-state index in [2.05, 4.69) is 5.32 Å². The minimum atomic E-state index is -0.916. The van der Waals surface area contributed by atoms with Crippen molar-refractivity contribution in [3.05, 3.63) is 75.8 Å². The Morgan fingerprint density at radius 3 is 2.39 bits per heavy atom. The summed E-state index contributed by atoms with van der Waals surface area (Å²) in [5.41, 5.74) is 1.14. The predicted octanol–water partition coefficient (Wildman–Crippen LogP) is 2.67. The summed E-state index contributed by atoms with van der Waals surface area (Å²) >= 11 is 0. The van der Waals surface area contributed by atoms with Gasteiger partial charge in [0.15, 0.2) is 0 Å². The van der Waals surface area contributed by atoms with Crippen LogP contribution in [-0.2, 0) is 16.1 Å². The van der Waals surface area contributed by atoms with Gasteiger partial charge in [0.1, 0.15) is 12.6 Å². The van der Waals surface area contributed by atoms with Gasteiger partial charge in [-0.15, -0.1) is 0 Å². The summed E-state index contributed by atoms with van der Waals surface area (Å²) in [4.78, 5) is 32.7. The quantitative estimate of drug-likeness (QED) is 0.653. The van der Waals surface area contributed by atoms with Crippen LogP contribution in [-0.4, -0.2) is 17.3 Å². The molecule has 0 fully saturated rings. The maximum Gasteiger partial charge on any atom is 0.408 e. The van der Waals surface area contributed by atoms with E-state index in [1.54, 1.807) is 36.6 Å². The van der Waals surface area contributed by atoms with Gasteiger partial charge in [-0.25, -0.2) is 4.79 Å². The molecule has 2 aromatic carbocycles.